The maximum Gasteiger partial charge on any atom is 0.523 e. The van der Waals surface area contributed by atoms with Crippen molar-refractivity contribution in [2.75, 3.05) is 52.9 Å². The maximum absolute atomic E-state index is 14.9. The smallest absolute Gasteiger partial charge is 0.393 e. The normalized spacial score (nSPS) is 12.8. The molecule has 11 nitrogen and oxygen atoms in total. The number of hydrogen-bond acceptors (Lipinski definition) is 11. The summed E-state index contributed by atoms with van der Waals surface area (Å²) in [7, 11) is -5.77. The zero-order chi connectivity index (χ0) is 68.9. The van der Waals surface area contributed by atoms with Crippen LogP contribution in [0, 0.1) is 0 Å². The predicted octanol–water partition coefficient (Wildman–Crippen LogP) is 16.1. The summed E-state index contributed by atoms with van der Waals surface area (Å²) in [4.78, 5) is 0. The van der Waals surface area contributed by atoms with Gasteiger partial charge in [-0.05, 0) is 55.6 Å². The Bertz CT molecular complexity index is 3400. The van der Waals surface area contributed by atoms with Crippen molar-refractivity contribution in [2.24, 2.45) is 0 Å². The first-order chi connectivity index (χ1) is 47.1. The van der Waals surface area contributed by atoms with Crippen molar-refractivity contribution >= 4 is 10.1 Å². The molecule has 0 spiro atoms. The summed E-state index contributed by atoms with van der Waals surface area (Å²) in [6.45, 7) is -0.831. The van der Waals surface area contributed by atoms with E-state index in [9.17, 15) is 39.9 Å². The second-order valence-corrected chi connectivity index (χ2v) is 23.6. The van der Waals surface area contributed by atoms with E-state index in [1.54, 1.807) is 30.3 Å². The van der Waals surface area contributed by atoms with Crippen LogP contribution in [0.5, 0.6) is 0 Å². The Kier molecular flexibility index (Phi) is 31.9. The second-order valence-electron chi connectivity index (χ2n) is 22.0. The van der Waals surface area contributed by atoms with Crippen LogP contribution in [0.15, 0.2) is 303 Å². The van der Waals surface area contributed by atoms with Crippen LogP contribution in [0.1, 0.15) is 55.6 Å². The SMILES string of the molecule is F[C@@H](COCc1ccccc1)COC(c1ccccc1)(c1ccccc1)c1ccccc1.O=S(=O)(OC[C@@H](F)COCc1ccccc1)C(F)(F)F.OC[C@@H](F)COCc1ccccc1.O[C@H](COCc1ccccc1)COC(c1ccccc1)(c1ccccc1)c1ccccc1. The van der Waals surface area contributed by atoms with Gasteiger partial charge in [-0.2, -0.15) is 21.6 Å². The van der Waals surface area contributed by atoms with Gasteiger partial charge in [0.25, 0.3) is 0 Å². The van der Waals surface area contributed by atoms with Gasteiger partial charge in [0.1, 0.15) is 42.4 Å². The summed E-state index contributed by atoms with van der Waals surface area (Å²) in [5.74, 6) is 0. The molecule has 18 heteroatoms. The number of halogens is 6. The average Bonchev–Trinajstić information content (AvgIpc) is 0.767. The Morgan fingerprint density at radius 3 is 0.794 bits per heavy atom. The number of benzene rings is 10. The molecule has 0 aliphatic rings. The third kappa shape index (κ3) is 24.8. The number of rotatable bonds is 32. The van der Waals surface area contributed by atoms with Crippen molar-refractivity contribution in [1.82, 2.24) is 0 Å². The fraction of sp³-hybridized carbons (Fsp3) is 0.241. The van der Waals surface area contributed by atoms with Crippen molar-refractivity contribution < 1.29 is 77.6 Å². The van der Waals surface area contributed by atoms with Crippen molar-refractivity contribution in [3.63, 3.8) is 0 Å². The van der Waals surface area contributed by atoms with E-state index < -0.39 is 71.3 Å². The van der Waals surface area contributed by atoms with Crippen LogP contribution in [0.3, 0.4) is 0 Å². The minimum Gasteiger partial charge on any atom is -0.393 e. The van der Waals surface area contributed by atoms with Gasteiger partial charge in [-0.1, -0.05) is 303 Å². The molecule has 0 unspecified atom stereocenters. The first kappa shape index (κ1) is 75.7. The van der Waals surface area contributed by atoms with Crippen LogP contribution < -0.4 is 0 Å². The zero-order valence-corrected chi connectivity index (χ0v) is 54.2. The summed E-state index contributed by atoms with van der Waals surface area (Å²) in [6, 6.07) is 98.4. The third-order valence-electron chi connectivity index (χ3n) is 14.6. The number of aliphatic hydroxyl groups is 2. The van der Waals surface area contributed by atoms with Gasteiger partial charge in [-0.15, -0.1) is 0 Å². The van der Waals surface area contributed by atoms with Crippen LogP contribution in [-0.4, -0.2) is 102 Å². The molecule has 0 aliphatic heterocycles. The molecule has 10 rings (SSSR count). The lowest BCUT2D eigenvalue weighted by Crippen LogP contribution is -2.36. The largest absolute Gasteiger partial charge is 0.523 e. The molecule has 510 valence electrons. The zero-order valence-electron chi connectivity index (χ0n) is 53.4. The summed E-state index contributed by atoms with van der Waals surface area (Å²) >= 11 is 0. The van der Waals surface area contributed by atoms with E-state index >= 15 is 0 Å². The average molecular weight is 1350 g/mol. The van der Waals surface area contributed by atoms with Gasteiger partial charge < -0.3 is 38.6 Å². The van der Waals surface area contributed by atoms with Gasteiger partial charge in [-0.25, -0.2) is 13.2 Å². The Morgan fingerprint density at radius 1 is 0.309 bits per heavy atom. The summed E-state index contributed by atoms with van der Waals surface area (Å²) < 4.78 is 135. The topological polar surface area (TPSA) is 139 Å². The van der Waals surface area contributed by atoms with Crippen molar-refractivity contribution in [3.05, 3.63) is 359 Å². The number of aliphatic hydroxyl groups excluding tert-OH is 2. The molecule has 97 heavy (non-hydrogen) atoms. The lowest BCUT2D eigenvalue weighted by atomic mass is 9.80. The molecular formula is C79H80F6O11S. The second kappa shape index (κ2) is 40.8. The van der Waals surface area contributed by atoms with Gasteiger partial charge in [0.05, 0.1) is 72.7 Å². The lowest BCUT2D eigenvalue weighted by Gasteiger charge is -2.36. The Labute approximate surface area is 564 Å². The van der Waals surface area contributed by atoms with E-state index in [2.05, 4.69) is 40.6 Å². The lowest BCUT2D eigenvalue weighted by molar-refractivity contribution is -0.0662. The van der Waals surface area contributed by atoms with Gasteiger partial charge in [0, 0.05) is 0 Å². The molecule has 0 amide bonds. The number of hydrogen-bond donors (Lipinski definition) is 2. The van der Waals surface area contributed by atoms with Gasteiger partial charge in [-0.3, -0.25) is 4.18 Å². The van der Waals surface area contributed by atoms with Gasteiger partial charge in [0.2, 0.25) is 0 Å². The molecule has 0 aliphatic carbocycles. The standard InChI is InChI=1S/C29H27FO2.C29H28O3.C11H12F4O4S.C10H13FO2/c2*30-28(22-31-21-24-13-5-1-6-14-24)23-32-29(25-15-7-2-8-16-25,26-17-9-3-10-18-26)27-19-11-4-12-20-27;12-10(8-19-20(16,17)11(13,14)15)7-18-6-9-4-2-1-3-5-9;11-10(6-12)8-13-7-9-4-2-1-3-5-9/h1-20,28H,21-23H2;1-20,28,30H,21-23H2;1-5,10H,6-8H2;1-5,10,12H,6-8H2/t2*28-;2*10-/m0101/s1. The van der Waals surface area contributed by atoms with E-state index in [0.29, 0.717) is 19.8 Å². The minimum absolute atomic E-state index is 0.0245. The molecule has 0 heterocycles. The van der Waals surface area contributed by atoms with Crippen LogP contribution in [0.4, 0.5) is 26.3 Å². The molecular weight excluding hydrogens is 1270 g/mol. The first-order valence-corrected chi connectivity index (χ1v) is 32.8. The van der Waals surface area contributed by atoms with Crippen molar-refractivity contribution in [2.45, 2.75) is 67.8 Å². The highest BCUT2D eigenvalue weighted by Crippen LogP contribution is 2.42. The summed E-state index contributed by atoms with van der Waals surface area (Å²) in [6.07, 6.45) is -5.26. The van der Waals surface area contributed by atoms with Crippen LogP contribution in [0.2, 0.25) is 0 Å². The van der Waals surface area contributed by atoms with E-state index in [1.807, 2.05) is 237 Å². The maximum atomic E-state index is 14.9. The molecule has 10 aromatic carbocycles. The highest BCUT2D eigenvalue weighted by Gasteiger charge is 2.47. The van der Waals surface area contributed by atoms with Gasteiger partial charge >= 0.3 is 15.6 Å². The van der Waals surface area contributed by atoms with Gasteiger partial charge in [0.15, 0.2) is 0 Å². The molecule has 10 aromatic rings. The fourth-order valence-electron chi connectivity index (χ4n) is 9.92. The summed E-state index contributed by atoms with van der Waals surface area (Å²) in [5, 5.41) is 19.1. The van der Waals surface area contributed by atoms with E-state index in [1.165, 1.54) is 0 Å². The van der Waals surface area contributed by atoms with Crippen molar-refractivity contribution in [3.8, 4) is 0 Å². The van der Waals surface area contributed by atoms with E-state index in [4.69, 9.17) is 33.5 Å². The third-order valence-corrected chi connectivity index (χ3v) is 15.6. The molecule has 0 bridgehead atoms. The molecule has 0 fully saturated rings. The van der Waals surface area contributed by atoms with Crippen LogP contribution in [-0.2, 0) is 80.4 Å². The quantitative estimate of drug-likeness (QED) is 0.0180. The Morgan fingerprint density at radius 2 is 0.536 bits per heavy atom. The number of ether oxygens (including phenoxy) is 6. The van der Waals surface area contributed by atoms with Crippen LogP contribution >= 0.6 is 0 Å². The minimum atomic E-state index is -5.77. The Balaban J connectivity index is 0.000000192. The molecule has 2 N–H and O–H groups in total. The summed E-state index contributed by atoms with van der Waals surface area (Å²) in [5.41, 5.74) is 2.42. The first-order valence-electron chi connectivity index (χ1n) is 31.4. The highest BCUT2D eigenvalue weighted by molar-refractivity contribution is 7.87. The van der Waals surface area contributed by atoms with Crippen LogP contribution in [0.25, 0.3) is 0 Å². The number of alkyl halides is 6. The molecule has 0 saturated heterocycles. The predicted molar refractivity (Wildman–Crippen MR) is 363 cm³/mol. The molecule has 4 atom stereocenters. The molecule has 0 saturated carbocycles. The highest BCUT2D eigenvalue weighted by atomic mass is 32.2. The van der Waals surface area contributed by atoms with E-state index in [0.717, 1.165) is 55.6 Å². The molecule has 0 aromatic heterocycles. The van der Waals surface area contributed by atoms with E-state index in [-0.39, 0.29) is 39.6 Å². The monoisotopic (exact) mass is 1350 g/mol. The van der Waals surface area contributed by atoms with Crippen molar-refractivity contribution in [1.29, 1.82) is 0 Å². The Hall–Kier alpha value is -8.63. The molecule has 0 radical (unpaired) electrons. The fourth-order valence-corrected chi connectivity index (χ4v) is 10.4.